The van der Waals surface area contributed by atoms with Crippen LogP contribution in [-0.2, 0) is 9.59 Å². The van der Waals surface area contributed by atoms with E-state index in [1.807, 2.05) is 13.0 Å². The maximum absolute atomic E-state index is 11.9. The van der Waals surface area contributed by atoms with Gasteiger partial charge in [0.05, 0.1) is 11.6 Å². The number of nitriles is 1. The zero-order valence-electron chi connectivity index (χ0n) is 10.9. The summed E-state index contributed by atoms with van der Waals surface area (Å²) in [6, 6.07) is 7.05. The van der Waals surface area contributed by atoms with Crippen molar-refractivity contribution in [1.29, 1.82) is 5.26 Å². The Bertz CT molecular complexity index is 575. The van der Waals surface area contributed by atoms with Gasteiger partial charge in [0.2, 0.25) is 5.91 Å². The summed E-state index contributed by atoms with van der Waals surface area (Å²) in [6.45, 7) is 1.85. The molecule has 1 aliphatic rings. The van der Waals surface area contributed by atoms with E-state index in [2.05, 4.69) is 11.4 Å². The largest absolute Gasteiger partial charge is 0.374 e. The Hall–Kier alpha value is -2.35. The predicted molar refractivity (Wildman–Crippen MR) is 70.3 cm³/mol. The first-order valence-corrected chi connectivity index (χ1v) is 6.10. The van der Waals surface area contributed by atoms with E-state index in [0.717, 1.165) is 16.2 Å². The van der Waals surface area contributed by atoms with Crippen molar-refractivity contribution in [3.05, 3.63) is 29.3 Å². The maximum Gasteiger partial charge on any atom is 0.251 e. The Morgan fingerprint density at radius 2 is 2.16 bits per heavy atom. The topological polar surface area (TPSA) is 73.2 Å². The second-order valence-electron chi connectivity index (χ2n) is 4.67. The number of amides is 2. The van der Waals surface area contributed by atoms with Crippen LogP contribution in [-0.4, -0.2) is 29.8 Å². The van der Waals surface area contributed by atoms with E-state index in [4.69, 9.17) is 5.26 Å². The lowest BCUT2D eigenvalue weighted by molar-refractivity contribution is -0.146. The third kappa shape index (κ3) is 2.58. The van der Waals surface area contributed by atoms with E-state index in [1.54, 1.807) is 12.1 Å². The number of anilines is 1. The van der Waals surface area contributed by atoms with Crippen LogP contribution in [0.1, 0.15) is 24.0 Å². The van der Waals surface area contributed by atoms with E-state index in [9.17, 15) is 9.59 Å². The molecule has 1 atom stereocenters. The van der Waals surface area contributed by atoms with Gasteiger partial charge in [0, 0.05) is 19.2 Å². The van der Waals surface area contributed by atoms with Gasteiger partial charge in [-0.15, -0.1) is 0 Å². The fourth-order valence-electron chi connectivity index (χ4n) is 2.13. The number of carbonyl (C=O) groups excluding carboxylic acids is 2. The summed E-state index contributed by atoms with van der Waals surface area (Å²) in [7, 11) is 1.50. The Labute approximate surface area is 111 Å². The predicted octanol–water partition coefficient (Wildman–Crippen LogP) is 1.43. The van der Waals surface area contributed by atoms with Crippen LogP contribution in [0.25, 0.3) is 0 Å². The second kappa shape index (κ2) is 5.11. The molecule has 0 saturated carbocycles. The SMILES string of the molecule is Cc1cc(NC2CCC(=O)N(C)C2=O)ccc1C#N. The zero-order chi connectivity index (χ0) is 14.0. The number of aryl methyl sites for hydroxylation is 1. The molecule has 19 heavy (non-hydrogen) atoms. The molecule has 1 aromatic carbocycles. The minimum Gasteiger partial charge on any atom is -0.374 e. The summed E-state index contributed by atoms with van der Waals surface area (Å²) in [6.07, 6.45) is 0.871. The lowest BCUT2D eigenvalue weighted by Gasteiger charge is -2.28. The van der Waals surface area contributed by atoms with Crippen LogP contribution in [0.15, 0.2) is 18.2 Å². The molecule has 0 bridgehead atoms. The summed E-state index contributed by atoms with van der Waals surface area (Å²) in [5.41, 5.74) is 2.27. The highest BCUT2D eigenvalue weighted by atomic mass is 16.2. The number of hydrogen-bond acceptors (Lipinski definition) is 4. The summed E-state index contributed by atoms with van der Waals surface area (Å²) >= 11 is 0. The lowest BCUT2D eigenvalue weighted by atomic mass is 10.0. The van der Waals surface area contributed by atoms with Crippen molar-refractivity contribution in [3.63, 3.8) is 0 Å². The van der Waals surface area contributed by atoms with Gasteiger partial charge in [-0.2, -0.15) is 5.26 Å². The Kier molecular flexibility index (Phi) is 3.52. The number of rotatable bonds is 2. The van der Waals surface area contributed by atoms with Gasteiger partial charge in [-0.25, -0.2) is 0 Å². The van der Waals surface area contributed by atoms with Crippen LogP contribution in [0.2, 0.25) is 0 Å². The first-order chi connectivity index (χ1) is 9.02. The molecule has 0 spiro atoms. The standard InChI is InChI=1S/C14H15N3O2/c1-9-7-11(4-3-10(9)8-15)16-12-5-6-13(18)17(2)14(12)19/h3-4,7,12,16H,5-6H2,1-2H3. The minimum absolute atomic E-state index is 0.140. The van der Waals surface area contributed by atoms with Crippen molar-refractivity contribution in [1.82, 2.24) is 4.90 Å². The van der Waals surface area contributed by atoms with E-state index >= 15 is 0 Å². The van der Waals surface area contributed by atoms with E-state index in [1.165, 1.54) is 7.05 Å². The number of piperidine rings is 1. The molecule has 5 nitrogen and oxygen atoms in total. The maximum atomic E-state index is 11.9. The van der Waals surface area contributed by atoms with Crippen LogP contribution >= 0.6 is 0 Å². The average Bonchev–Trinajstić information content (AvgIpc) is 2.40. The van der Waals surface area contributed by atoms with E-state index in [-0.39, 0.29) is 17.9 Å². The van der Waals surface area contributed by atoms with Crippen LogP contribution in [0, 0.1) is 18.3 Å². The normalized spacial score (nSPS) is 19.2. The molecule has 0 aromatic heterocycles. The number of nitrogens with one attached hydrogen (secondary N) is 1. The molecule has 1 saturated heterocycles. The van der Waals surface area contributed by atoms with Crippen LogP contribution in [0.5, 0.6) is 0 Å². The molecule has 0 aliphatic carbocycles. The lowest BCUT2D eigenvalue weighted by Crippen LogP contribution is -2.48. The summed E-state index contributed by atoms with van der Waals surface area (Å²) in [4.78, 5) is 24.5. The Morgan fingerprint density at radius 3 is 2.79 bits per heavy atom. The third-order valence-electron chi connectivity index (χ3n) is 3.34. The molecular weight excluding hydrogens is 242 g/mol. The van der Waals surface area contributed by atoms with Crippen LogP contribution in [0.4, 0.5) is 5.69 Å². The first-order valence-electron chi connectivity index (χ1n) is 6.10. The Morgan fingerprint density at radius 1 is 1.42 bits per heavy atom. The van der Waals surface area contributed by atoms with Crippen LogP contribution < -0.4 is 5.32 Å². The number of likely N-dealkylation sites (tertiary alicyclic amines) is 1. The van der Waals surface area contributed by atoms with Crippen molar-refractivity contribution in [2.24, 2.45) is 0 Å². The number of benzene rings is 1. The second-order valence-corrected chi connectivity index (χ2v) is 4.67. The van der Waals surface area contributed by atoms with Gasteiger partial charge in [-0.05, 0) is 37.1 Å². The molecule has 0 radical (unpaired) electrons. The van der Waals surface area contributed by atoms with Gasteiger partial charge < -0.3 is 5.32 Å². The summed E-state index contributed by atoms with van der Waals surface area (Å²) in [5.74, 6) is -0.350. The average molecular weight is 257 g/mol. The van der Waals surface area contributed by atoms with Crippen molar-refractivity contribution in [2.75, 3.05) is 12.4 Å². The molecule has 1 unspecified atom stereocenters. The smallest absolute Gasteiger partial charge is 0.251 e. The van der Waals surface area contributed by atoms with Gasteiger partial charge in [0.25, 0.3) is 5.91 Å². The first kappa shape index (κ1) is 13.1. The van der Waals surface area contributed by atoms with Crippen molar-refractivity contribution >= 4 is 17.5 Å². The number of imide groups is 1. The molecule has 1 N–H and O–H groups in total. The number of likely N-dealkylation sites (N-methyl/N-ethyl adjacent to an activating group) is 1. The quantitative estimate of drug-likeness (QED) is 0.813. The van der Waals surface area contributed by atoms with Gasteiger partial charge in [0.15, 0.2) is 0 Å². The summed E-state index contributed by atoms with van der Waals surface area (Å²) in [5, 5.41) is 12.0. The number of carbonyl (C=O) groups is 2. The van der Waals surface area contributed by atoms with Gasteiger partial charge >= 0.3 is 0 Å². The molecule has 2 rings (SSSR count). The highest BCUT2D eigenvalue weighted by Gasteiger charge is 2.31. The van der Waals surface area contributed by atoms with E-state index < -0.39 is 0 Å². The molecule has 98 valence electrons. The highest BCUT2D eigenvalue weighted by molar-refractivity contribution is 6.01. The molecule has 2 amide bonds. The molecule has 1 heterocycles. The van der Waals surface area contributed by atoms with Crippen molar-refractivity contribution in [3.8, 4) is 6.07 Å². The van der Waals surface area contributed by atoms with Crippen molar-refractivity contribution in [2.45, 2.75) is 25.8 Å². The minimum atomic E-state index is -0.380. The fraction of sp³-hybridized carbons (Fsp3) is 0.357. The molecule has 1 fully saturated rings. The molecule has 1 aliphatic heterocycles. The monoisotopic (exact) mass is 257 g/mol. The summed E-state index contributed by atoms with van der Waals surface area (Å²) < 4.78 is 0. The Balaban J connectivity index is 2.14. The van der Waals surface area contributed by atoms with Crippen LogP contribution in [0.3, 0.4) is 0 Å². The van der Waals surface area contributed by atoms with Gasteiger partial charge in [-0.1, -0.05) is 0 Å². The van der Waals surface area contributed by atoms with E-state index in [0.29, 0.717) is 18.4 Å². The highest BCUT2D eigenvalue weighted by Crippen LogP contribution is 2.19. The third-order valence-corrected chi connectivity index (χ3v) is 3.34. The molecule has 1 aromatic rings. The van der Waals surface area contributed by atoms with Gasteiger partial charge in [-0.3, -0.25) is 14.5 Å². The zero-order valence-corrected chi connectivity index (χ0v) is 10.9. The number of nitrogens with zero attached hydrogens (tertiary/aromatic N) is 2. The molecular formula is C14H15N3O2. The van der Waals surface area contributed by atoms with Crippen molar-refractivity contribution < 1.29 is 9.59 Å². The van der Waals surface area contributed by atoms with Gasteiger partial charge in [0.1, 0.15) is 6.04 Å². The number of hydrogen-bond donors (Lipinski definition) is 1. The molecule has 5 heteroatoms. The fourth-order valence-corrected chi connectivity index (χ4v) is 2.13.